The van der Waals surface area contributed by atoms with Crippen LogP contribution in [0.15, 0.2) is 12.1 Å². The van der Waals surface area contributed by atoms with Gasteiger partial charge in [0.25, 0.3) is 0 Å². The number of carbonyl (C=O) groups excluding carboxylic acids is 1. The van der Waals surface area contributed by atoms with Crippen LogP contribution in [0, 0.1) is 5.89 Å². The molecule has 1 saturated carbocycles. The number of carbonyl (C=O) groups is 1. The van der Waals surface area contributed by atoms with Crippen LogP contribution in [0.4, 0.5) is 0 Å². The minimum Gasteiger partial charge on any atom is -0.493 e. The highest BCUT2D eigenvalue weighted by Crippen LogP contribution is 2.62. The van der Waals surface area contributed by atoms with Gasteiger partial charge in [-0.15, -0.1) is 0 Å². The summed E-state index contributed by atoms with van der Waals surface area (Å²) in [5.41, 5.74) is -1.37. The summed E-state index contributed by atoms with van der Waals surface area (Å²) in [7, 11) is 2.92. The second-order valence-corrected chi connectivity index (χ2v) is 6.16. The molecule has 116 valence electrons. The Balaban J connectivity index is 2.01. The topological polar surface area (TPSA) is 38.8 Å². The van der Waals surface area contributed by atoms with Crippen molar-refractivity contribution in [2.75, 3.05) is 20.7 Å². The van der Waals surface area contributed by atoms with E-state index >= 15 is 0 Å². The van der Waals surface area contributed by atoms with Crippen molar-refractivity contribution < 1.29 is 23.9 Å². The lowest BCUT2D eigenvalue weighted by Gasteiger charge is -2.57. The van der Waals surface area contributed by atoms with Crippen LogP contribution in [0.5, 0.6) is 11.5 Å². The molecule has 22 heavy (non-hydrogen) atoms. The average molecular weight is 306 g/mol. The van der Waals surface area contributed by atoms with E-state index in [9.17, 15) is 7.54 Å². The highest BCUT2D eigenvalue weighted by Gasteiger charge is 2.65. The van der Waals surface area contributed by atoms with E-state index in [1.165, 1.54) is 31.2 Å². The lowest BCUT2D eigenvalue weighted by atomic mass is 9.52. The number of methoxy groups -OCH3 is 1. The molecule has 2 aliphatic heterocycles. The van der Waals surface area contributed by atoms with Gasteiger partial charge < -0.3 is 14.4 Å². The molecule has 1 unspecified atom stereocenters. The lowest BCUT2D eigenvalue weighted by Crippen LogP contribution is -2.65. The fourth-order valence-corrected chi connectivity index (χ4v) is 4.24. The van der Waals surface area contributed by atoms with E-state index in [1.54, 1.807) is 0 Å². The first kappa shape index (κ1) is 7.82. The number of likely N-dealkylation sites (tertiary alicyclic amines) is 1. The Labute approximate surface area is 140 Å². The summed E-state index contributed by atoms with van der Waals surface area (Å²) in [5.74, 6) is -3.04. The number of benzene rings is 1. The number of piperidine rings is 1. The highest BCUT2D eigenvalue weighted by atomic mass is 16.5. The molecule has 1 aromatic carbocycles. The van der Waals surface area contributed by atoms with Crippen molar-refractivity contribution in [3.05, 3.63) is 23.3 Å². The predicted octanol–water partition coefficient (Wildman–Crippen LogP) is 1.93. The molecular formula is C18H21NO3. The minimum atomic E-state index is -2.61. The van der Waals surface area contributed by atoms with Gasteiger partial charge in [-0.25, -0.2) is 0 Å². The molecule has 2 heterocycles. The maximum Gasteiger partial charge on any atom is 0.174 e. The van der Waals surface area contributed by atoms with Crippen molar-refractivity contribution in [1.29, 1.82) is 0 Å². The summed E-state index contributed by atoms with van der Waals surface area (Å²) in [6.45, 7) is 0.167. The van der Waals surface area contributed by atoms with Gasteiger partial charge in [-0.3, -0.25) is 4.79 Å². The molecular weight excluding hydrogens is 278 g/mol. The second-order valence-electron chi connectivity index (χ2n) is 6.16. The molecule has 4 heteroatoms. The van der Waals surface area contributed by atoms with Crippen molar-refractivity contribution in [1.82, 2.24) is 4.90 Å². The number of ether oxygens (including phenoxy) is 2. The van der Waals surface area contributed by atoms with Gasteiger partial charge in [0.1, 0.15) is 0 Å². The van der Waals surface area contributed by atoms with Gasteiger partial charge in [-0.2, -0.15) is 0 Å². The van der Waals surface area contributed by atoms with Gasteiger partial charge >= 0.3 is 0 Å². The molecule has 5 rings (SSSR count). The summed E-state index contributed by atoms with van der Waals surface area (Å²) in [5, 5.41) is 0. The van der Waals surface area contributed by atoms with Gasteiger partial charge in [0.2, 0.25) is 0 Å². The molecule has 0 amide bonds. The van der Waals surface area contributed by atoms with Gasteiger partial charge in [-0.1, -0.05) is 6.07 Å². The Bertz CT molecular complexity index is 986. The fraction of sp³-hybridized carbons (Fsp3) is 0.611. The van der Waals surface area contributed by atoms with Crippen LogP contribution < -0.4 is 9.47 Å². The Hall–Kier alpha value is -1.55. The van der Waals surface area contributed by atoms with E-state index in [0.29, 0.717) is 0 Å². The Morgan fingerprint density at radius 2 is 2.41 bits per heavy atom. The van der Waals surface area contributed by atoms with E-state index in [0.717, 1.165) is 0 Å². The van der Waals surface area contributed by atoms with Crippen LogP contribution in [-0.4, -0.2) is 43.5 Å². The molecule has 1 saturated heterocycles. The lowest BCUT2D eigenvalue weighted by molar-refractivity contribution is -0.138. The number of likely N-dealkylation sites (N-methyl/N-ethyl adjacent to an activating group) is 1. The van der Waals surface area contributed by atoms with E-state index in [1.807, 2.05) is 0 Å². The number of ketones is 1. The fourth-order valence-electron chi connectivity index (χ4n) is 4.24. The van der Waals surface area contributed by atoms with Gasteiger partial charge in [0, 0.05) is 31.6 Å². The monoisotopic (exact) mass is 306 g/mol. The molecule has 2 fully saturated rings. The maximum atomic E-state index is 13.2. The zero-order valence-corrected chi connectivity index (χ0v) is 12.4. The minimum absolute atomic E-state index is 0.0122. The van der Waals surface area contributed by atoms with Gasteiger partial charge in [-0.05, 0) is 50.3 Å². The van der Waals surface area contributed by atoms with Crippen LogP contribution in [0.1, 0.15) is 39.9 Å². The summed E-state index contributed by atoms with van der Waals surface area (Å²) in [4.78, 5) is 14.6. The zero-order chi connectivity index (χ0) is 21.4. The normalized spacial score (nSPS) is 57.7. The van der Waals surface area contributed by atoms with E-state index in [-0.39, 0.29) is 35.6 Å². The summed E-state index contributed by atoms with van der Waals surface area (Å²) < 4.78 is 73.4. The van der Waals surface area contributed by atoms with Crippen molar-refractivity contribution >= 4 is 5.78 Å². The predicted molar refractivity (Wildman–Crippen MR) is 81.6 cm³/mol. The third-order valence-corrected chi connectivity index (χ3v) is 5.25. The second kappa shape index (κ2) is 4.05. The van der Waals surface area contributed by atoms with Crippen molar-refractivity contribution in [3.63, 3.8) is 0 Å². The van der Waals surface area contributed by atoms with E-state index in [4.69, 9.17) is 16.3 Å². The largest absolute Gasteiger partial charge is 0.493 e. The first-order valence-corrected chi connectivity index (χ1v) is 7.43. The van der Waals surface area contributed by atoms with E-state index < -0.39 is 48.4 Å². The molecule has 1 aromatic rings. The molecule has 0 N–H and O–H groups in total. The van der Waals surface area contributed by atoms with Crippen molar-refractivity contribution in [3.8, 4) is 11.5 Å². The highest BCUT2D eigenvalue weighted by molar-refractivity contribution is 5.89. The number of hydrogen-bond acceptors (Lipinski definition) is 4. The Kier molecular flexibility index (Phi) is 1.44. The first-order chi connectivity index (χ1) is 13.3. The SMILES string of the molecule is [2H]C1([2H])C[C@]2([2H])[C@@]34CCN(C)[C@]2([2H])C([2H])([2H])c2ccc(OC)c(c23)OC4([2H])C1=O. The van der Waals surface area contributed by atoms with Crippen molar-refractivity contribution in [2.24, 2.45) is 5.89 Å². The molecule has 1 spiro atoms. The summed E-state index contributed by atoms with van der Waals surface area (Å²) in [6, 6.07) is 0.716. The van der Waals surface area contributed by atoms with Crippen molar-refractivity contribution in [2.45, 2.75) is 43.1 Å². The van der Waals surface area contributed by atoms with Crippen LogP contribution in [0.25, 0.3) is 0 Å². The number of Topliss-reactive ketones (excluding diaryl/α,β-unsaturated/α-hetero) is 1. The quantitative estimate of drug-likeness (QED) is 0.795. The number of hydrogen-bond donors (Lipinski definition) is 0. The first-order valence-electron chi connectivity index (χ1n) is 10.9. The Morgan fingerprint density at radius 1 is 1.55 bits per heavy atom. The third kappa shape index (κ3) is 1.27. The van der Waals surface area contributed by atoms with Gasteiger partial charge in [0.05, 0.1) is 8.48 Å². The number of nitrogens with zero attached hydrogens (tertiary/aromatic N) is 1. The van der Waals surface area contributed by atoms with Crippen LogP contribution in [-0.2, 0) is 16.6 Å². The average Bonchev–Trinajstić information content (AvgIpc) is 2.91. The molecule has 0 aromatic heterocycles. The van der Waals surface area contributed by atoms with Crippen LogP contribution in [0.2, 0.25) is 0 Å². The third-order valence-electron chi connectivity index (χ3n) is 5.25. The molecule has 2 aliphatic carbocycles. The van der Waals surface area contributed by atoms with Crippen LogP contribution >= 0.6 is 0 Å². The summed E-state index contributed by atoms with van der Waals surface area (Å²) in [6.07, 6.45) is -8.06. The smallest absolute Gasteiger partial charge is 0.174 e. The molecule has 4 atom stereocenters. The standard InChI is InChI=1S/C18H21NO3/c1-19-8-7-18-11-4-5-13(20)17(18)22-16-14(21-2)6-3-10(15(16)18)9-12(11)19/h3,6,11-12,17H,4-5,7-9H2,1-2H3/t11-,12+,17?,18-/m0/s1/i5D2,9D2,11D,12D,17D. The van der Waals surface area contributed by atoms with Crippen LogP contribution in [0.3, 0.4) is 0 Å². The molecule has 2 bridgehead atoms. The number of rotatable bonds is 1. The Morgan fingerprint density at radius 3 is 3.23 bits per heavy atom. The molecule has 4 nitrogen and oxygen atoms in total. The molecule has 4 aliphatic rings. The molecule has 0 radical (unpaired) electrons. The maximum absolute atomic E-state index is 13.2. The summed E-state index contributed by atoms with van der Waals surface area (Å²) >= 11 is 0. The van der Waals surface area contributed by atoms with Gasteiger partial charge in [0.15, 0.2) is 23.4 Å². The van der Waals surface area contributed by atoms with E-state index in [2.05, 4.69) is 0 Å². The zero-order valence-electron chi connectivity index (χ0n) is 19.4.